The topological polar surface area (TPSA) is 111 Å². The Morgan fingerprint density at radius 3 is 2.23 bits per heavy atom. The van der Waals surface area contributed by atoms with Crippen molar-refractivity contribution in [3.63, 3.8) is 0 Å². The first-order chi connectivity index (χ1) is 13.8. The lowest BCUT2D eigenvalue weighted by atomic mass is 9.77. The first-order valence-electron chi connectivity index (χ1n) is 9.96. The smallest absolute Gasteiger partial charge is 0.331 e. The van der Waals surface area contributed by atoms with Gasteiger partial charge in [0.1, 0.15) is 16.2 Å². The monoisotopic (exact) mass is 440 g/mol. The zero-order valence-corrected chi connectivity index (χ0v) is 19.3. The molecular formula is C21H32N2O6S. The van der Waals surface area contributed by atoms with Crippen molar-refractivity contribution >= 4 is 21.9 Å². The molecule has 0 spiro atoms. The van der Waals surface area contributed by atoms with Crippen molar-refractivity contribution in [2.75, 3.05) is 14.2 Å². The minimum atomic E-state index is -3.94. The SMILES string of the molecule is COC(=O)C1(NC(=O)c2ccc(OC)c(S(=O)(=O)NC(C)(C)C)c2)CCC(C)CC1. The lowest BCUT2D eigenvalue weighted by Crippen LogP contribution is -2.56. The Kier molecular flexibility index (Phi) is 7.19. The maximum atomic E-state index is 13.0. The van der Waals surface area contributed by atoms with E-state index in [4.69, 9.17) is 9.47 Å². The highest BCUT2D eigenvalue weighted by Gasteiger charge is 2.43. The lowest BCUT2D eigenvalue weighted by molar-refractivity contribution is -0.150. The van der Waals surface area contributed by atoms with Crippen LogP contribution in [0.1, 0.15) is 63.7 Å². The second-order valence-electron chi connectivity index (χ2n) is 8.93. The molecule has 9 heteroatoms. The van der Waals surface area contributed by atoms with Gasteiger partial charge in [-0.05, 0) is 70.6 Å². The second-order valence-corrected chi connectivity index (χ2v) is 10.6. The van der Waals surface area contributed by atoms with E-state index in [1.807, 2.05) is 0 Å². The third-order valence-electron chi connectivity index (χ3n) is 5.21. The summed E-state index contributed by atoms with van der Waals surface area (Å²) >= 11 is 0. The summed E-state index contributed by atoms with van der Waals surface area (Å²) < 4.78 is 38.4. The van der Waals surface area contributed by atoms with Gasteiger partial charge in [-0.15, -0.1) is 0 Å². The van der Waals surface area contributed by atoms with Crippen LogP contribution in [0.2, 0.25) is 0 Å². The fourth-order valence-corrected chi connectivity index (χ4v) is 5.22. The number of methoxy groups -OCH3 is 2. The number of carbonyl (C=O) groups excluding carboxylic acids is 2. The number of esters is 1. The molecule has 0 unspecified atom stereocenters. The number of carbonyl (C=O) groups is 2. The molecule has 1 saturated carbocycles. The fraction of sp³-hybridized carbons (Fsp3) is 0.619. The highest BCUT2D eigenvalue weighted by Crippen LogP contribution is 2.33. The van der Waals surface area contributed by atoms with Crippen molar-refractivity contribution in [2.45, 2.75) is 69.4 Å². The van der Waals surface area contributed by atoms with Crippen molar-refractivity contribution in [3.05, 3.63) is 23.8 Å². The van der Waals surface area contributed by atoms with Gasteiger partial charge in [-0.1, -0.05) is 6.92 Å². The maximum absolute atomic E-state index is 13.0. The molecule has 0 radical (unpaired) electrons. The number of rotatable bonds is 6. The van der Waals surface area contributed by atoms with Crippen molar-refractivity contribution in [1.29, 1.82) is 0 Å². The minimum absolute atomic E-state index is 0.118. The fourth-order valence-electron chi connectivity index (χ4n) is 3.61. The van der Waals surface area contributed by atoms with Crippen LogP contribution < -0.4 is 14.8 Å². The molecule has 1 fully saturated rings. The Hall–Kier alpha value is -2.13. The predicted molar refractivity (Wildman–Crippen MR) is 113 cm³/mol. The molecule has 0 saturated heterocycles. The lowest BCUT2D eigenvalue weighted by Gasteiger charge is -2.37. The third kappa shape index (κ3) is 5.51. The molecule has 0 atom stereocenters. The summed E-state index contributed by atoms with van der Waals surface area (Å²) in [6.45, 7) is 7.26. The first kappa shape index (κ1) is 24.1. The quantitative estimate of drug-likeness (QED) is 0.658. The number of sulfonamides is 1. The van der Waals surface area contributed by atoms with Crippen LogP contribution in [-0.2, 0) is 19.6 Å². The van der Waals surface area contributed by atoms with E-state index in [2.05, 4.69) is 17.0 Å². The van der Waals surface area contributed by atoms with E-state index in [1.54, 1.807) is 20.8 Å². The van der Waals surface area contributed by atoms with Gasteiger partial charge >= 0.3 is 5.97 Å². The number of ether oxygens (including phenoxy) is 2. The average Bonchev–Trinajstić information content (AvgIpc) is 2.66. The molecule has 1 aromatic carbocycles. The third-order valence-corrected chi connectivity index (χ3v) is 6.99. The van der Waals surface area contributed by atoms with E-state index in [1.165, 1.54) is 32.4 Å². The molecule has 30 heavy (non-hydrogen) atoms. The number of benzene rings is 1. The van der Waals surface area contributed by atoms with E-state index in [-0.39, 0.29) is 16.2 Å². The van der Waals surface area contributed by atoms with Gasteiger partial charge in [-0.3, -0.25) is 4.79 Å². The molecule has 1 aromatic rings. The van der Waals surface area contributed by atoms with Gasteiger partial charge in [0, 0.05) is 11.1 Å². The standard InChI is InChI=1S/C21H32N2O6S/c1-14-9-11-21(12-10-14,19(25)29-6)22-18(24)15-7-8-16(28-5)17(13-15)30(26,27)23-20(2,3)4/h7-8,13-14,23H,9-12H2,1-6H3,(H,22,24). The summed E-state index contributed by atoms with van der Waals surface area (Å²) in [5, 5.41) is 2.81. The summed E-state index contributed by atoms with van der Waals surface area (Å²) in [4.78, 5) is 25.4. The Balaban J connectivity index is 2.39. The Morgan fingerprint density at radius 2 is 1.73 bits per heavy atom. The summed E-state index contributed by atoms with van der Waals surface area (Å²) in [6.07, 6.45) is 2.51. The molecule has 1 aliphatic rings. The predicted octanol–water partition coefficient (Wildman–Crippen LogP) is 2.62. The Labute approximate surface area is 178 Å². The molecule has 0 heterocycles. The molecule has 0 bridgehead atoms. The number of nitrogens with one attached hydrogen (secondary N) is 2. The number of hydrogen-bond donors (Lipinski definition) is 2. The average molecular weight is 441 g/mol. The molecule has 2 N–H and O–H groups in total. The number of amides is 1. The van der Waals surface area contributed by atoms with Gasteiger partial charge in [-0.25, -0.2) is 17.9 Å². The van der Waals surface area contributed by atoms with Crippen molar-refractivity contribution in [1.82, 2.24) is 10.0 Å². The number of hydrogen-bond acceptors (Lipinski definition) is 6. The van der Waals surface area contributed by atoms with Gasteiger partial charge < -0.3 is 14.8 Å². The van der Waals surface area contributed by atoms with E-state index in [9.17, 15) is 18.0 Å². The Bertz CT molecular complexity index is 897. The molecule has 0 aromatic heterocycles. The van der Waals surface area contributed by atoms with Crippen LogP contribution in [-0.4, -0.2) is 45.6 Å². The van der Waals surface area contributed by atoms with Crippen LogP contribution in [0.15, 0.2) is 23.1 Å². The van der Waals surface area contributed by atoms with Crippen LogP contribution in [0.25, 0.3) is 0 Å². The molecule has 2 rings (SSSR count). The molecule has 168 valence electrons. The van der Waals surface area contributed by atoms with Crippen LogP contribution in [0.4, 0.5) is 0 Å². The first-order valence-corrected chi connectivity index (χ1v) is 11.4. The highest BCUT2D eigenvalue weighted by molar-refractivity contribution is 7.89. The molecule has 0 aliphatic heterocycles. The van der Waals surface area contributed by atoms with Crippen LogP contribution in [0.3, 0.4) is 0 Å². The van der Waals surface area contributed by atoms with Crippen molar-refractivity contribution in [3.8, 4) is 5.75 Å². The highest BCUT2D eigenvalue weighted by atomic mass is 32.2. The van der Waals surface area contributed by atoms with E-state index in [0.717, 1.165) is 12.8 Å². The van der Waals surface area contributed by atoms with Gasteiger partial charge in [0.15, 0.2) is 0 Å². The van der Waals surface area contributed by atoms with Crippen molar-refractivity contribution in [2.24, 2.45) is 5.92 Å². The molecule has 8 nitrogen and oxygen atoms in total. The van der Waals surface area contributed by atoms with E-state index < -0.39 is 33.0 Å². The van der Waals surface area contributed by atoms with Gasteiger partial charge in [0.2, 0.25) is 10.0 Å². The normalized spacial score (nSPS) is 22.3. The van der Waals surface area contributed by atoms with Gasteiger partial charge in [-0.2, -0.15) is 0 Å². The zero-order valence-electron chi connectivity index (χ0n) is 18.5. The van der Waals surface area contributed by atoms with Crippen LogP contribution in [0.5, 0.6) is 5.75 Å². The maximum Gasteiger partial charge on any atom is 0.331 e. The summed E-state index contributed by atoms with van der Waals surface area (Å²) in [5.41, 5.74) is -1.71. The van der Waals surface area contributed by atoms with Crippen LogP contribution in [0, 0.1) is 5.92 Å². The summed E-state index contributed by atoms with van der Waals surface area (Å²) in [7, 11) is -1.28. The van der Waals surface area contributed by atoms with Gasteiger partial charge in [0.25, 0.3) is 5.91 Å². The Morgan fingerprint density at radius 1 is 1.13 bits per heavy atom. The summed E-state index contributed by atoms with van der Waals surface area (Å²) in [5.74, 6) is -0.443. The van der Waals surface area contributed by atoms with Gasteiger partial charge in [0.05, 0.1) is 14.2 Å². The molecular weight excluding hydrogens is 408 g/mol. The second kappa shape index (κ2) is 8.93. The van der Waals surface area contributed by atoms with Crippen molar-refractivity contribution < 1.29 is 27.5 Å². The zero-order chi connectivity index (χ0) is 22.7. The summed E-state index contributed by atoms with van der Waals surface area (Å²) in [6, 6.07) is 4.17. The molecule has 1 aliphatic carbocycles. The van der Waals surface area contributed by atoms with E-state index in [0.29, 0.717) is 18.8 Å². The molecule has 1 amide bonds. The minimum Gasteiger partial charge on any atom is -0.495 e. The van der Waals surface area contributed by atoms with Crippen LogP contribution >= 0.6 is 0 Å². The van der Waals surface area contributed by atoms with E-state index >= 15 is 0 Å². The largest absolute Gasteiger partial charge is 0.495 e.